The normalized spacial score (nSPS) is 11.4. The van der Waals surface area contributed by atoms with Gasteiger partial charge in [0.15, 0.2) is 5.78 Å². The fourth-order valence-electron chi connectivity index (χ4n) is 1.59. The third kappa shape index (κ3) is 5.77. The van der Waals surface area contributed by atoms with Gasteiger partial charge in [-0.25, -0.2) is 4.79 Å². The molecule has 0 aliphatic carbocycles. The summed E-state index contributed by atoms with van der Waals surface area (Å²) in [5.74, 6) is -0.301. The van der Waals surface area contributed by atoms with E-state index in [-0.39, 0.29) is 16.4 Å². The van der Waals surface area contributed by atoms with E-state index in [0.717, 1.165) is 0 Å². The maximum Gasteiger partial charge on any atom is 0.412 e. The fraction of sp³-hybridized carbons (Fsp3) is 0.375. The third-order valence-electron chi connectivity index (χ3n) is 2.42. The van der Waals surface area contributed by atoms with Gasteiger partial charge in [-0.05, 0) is 32.9 Å². The molecular formula is C16H21ClN2O3. The van der Waals surface area contributed by atoms with Crippen LogP contribution in [0, 0.1) is 0 Å². The minimum Gasteiger partial charge on any atom is -0.444 e. The number of carbonyl (C=O) groups is 2. The van der Waals surface area contributed by atoms with Crippen LogP contribution >= 0.6 is 11.6 Å². The second-order valence-corrected chi connectivity index (χ2v) is 6.34. The van der Waals surface area contributed by atoms with Crippen molar-refractivity contribution >= 4 is 29.2 Å². The number of hydrogen-bond donors (Lipinski definition) is 1. The minimum atomic E-state index is -0.639. The number of ether oxygens (including phenoxy) is 1. The molecule has 6 heteroatoms. The summed E-state index contributed by atoms with van der Waals surface area (Å²) in [6.07, 6.45) is 2.37. The van der Waals surface area contributed by atoms with Crippen molar-refractivity contribution in [2.45, 2.75) is 26.4 Å². The van der Waals surface area contributed by atoms with Crippen LogP contribution in [0.25, 0.3) is 0 Å². The van der Waals surface area contributed by atoms with E-state index in [0.29, 0.717) is 5.69 Å². The van der Waals surface area contributed by atoms with Gasteiger partial charge in [-0.2, -0.15) is 0 Å². The molecule has 22 heavy (non-hydrogen) atoms. The first kappa shape index (κ1) is 18.0. The third-order valence-corrected chi connectivity index (χ3v) is 2.73. The molecule has 0 fully saturated rings. The summed E-state index contributed by atoms with van der Waals surface area (Å²) in [7, 11) is 3.60. The zero-order valence-corrected chi connectivity index (χ0v) is 14.2. The molecule has 0 bridgehead atoms. The Bertz CT molecular complexity index is 590. The first-order valence-electron chi connectivity index (χ1n) is 6.77. The number of nitrogens with zero attached hydrogens (tertiary/aromatic N) is 1. The zero-order valence-electron chi connectivity index (χ0n) is 13.4. The predicted molar refractivity (Wildman–Crippen MR) is 88.5 cm³/mol. The minimum absolute atomic E-state index is 0.230. The van der Waals surface area contributed by atoms with Crippen molar-refractivity contribution in [1.29, 1.82) is 0 Å². The van der Waals surface area contributed by atoms with Crippen LogP contribution < -0.4 is 5.32 Å². The molecule has 1 amide bonds. The molecule has 0 unspecified atom stereocenters. The molecule has 0 radical (unpaired) electrons. The standard InChI is InChI=1S/C16H21ClN2O3/c1-16(2,3)22-15(21)18-12-8-6-7-11(17)14(12)13(20)9-10-19(4)5/h6-10H,1-5H3,(H,18,21). The lowest BCUT2D eigenvalue weighted by Crippen LogP contribution is -2.27. The lowest BCUT2D eigenvalue weighted by atomic mass is 10.1. The van der Waals surface area contributed by atoms with Crippen molar-refractivity contribution in [3.05, 3.63) is 41.1 Å². The highest BCUT2D eigenvalue weighted by Crippen LogP contribution is 2.26. The van der Waals surface area contributed by atoms with Gasteiger partial charge in [0.05, 0.1) is 16.3 Å². The molecule has 0 saturated heterocycles. The molecule has 1 aromatic carbocycles. The zero-order chi connectivity index (χ0) is 16.9. The number of amides is 1. The molecule has 0 atom stereocenters. The Kier molecular flexibility index (Phi) is 6.00. The average molecular weight is 325 g/mol. The van der Waals surface area contributed by atoms with Gasteiger partial charge in [-0.3, -0.25) is 10.1 Å². The summed E-state index contributed by atoms with van der Waals surface area (Å²) in [4.78, 5) is 25.9. The Morgan fingerprint density at radius 2 is 1.91 bits per heavy atom. The van der Waals surface area contributed by atoms with E-state index in [1.807, 2.05) is 0 Å². The number of halogens is 1. The predicted octanol–water partition coefficient (Wildman–Crippen LogP) is 3.95. The second kappa shape index (κ2) is 7.31. The highest BCUT2D eigenvalue weighted by atomic mass is 35.5. The van der Waals surface area contributed by atoms with Gasteiger partial charge in [0.25, 0.3) is 0 Å². The lowest BCUT2D eigenvalue weighted by Gasteiger charge is -2.20. The molecule has 0 saturated carbocycles. The maximum absolute atomic E-state index is 12.3. The van der Waals surface area contributed by atoms with E-state index in [1.165, 1.54) is 6.08 Å². The lowest BCUT2D eigenvalue weighted by molar-refractivity contribution is 0.0636. The molecule has 0 aliphatic rings. The van der Waals surface area contributed by atoms with Crippen molar-refractivity contribution in [2.24, 2.45) is 0 Å². The number of allylic oxidation sites excluding steroid dienone is 1. The summed E-state index contributed by atoms with van der Waals surface area (Å²) in [5, 5.41) is 2.83. The number of benzene rings is 1. The summed E-state index contributed by atoms with van der Waals surface area (Å²) in [5.41, 5.74) is -0.0826. The Balaban J connectivity index is 3.04. The van der Waals surface area contributed by atoms with Crippen LogP contribution in [0.2, 0.25) is 5.02 Å². The molecule has 0 spiro atoms. The molecule has 120 valence electrons. The van der Waals surface area contributed by atoms with Gasteiger partial charge in [0.1, 0.15) is 5.60 Å². The van der Waals surface area contributed by atoms with Crippen molar-refractivity contribution in [2.75, 3.05) is 19.4 Å². The van der Waals surface area contributed by atoms with Crippen LogP contribution in [0.3, 0.4) is 0 Å². The monoisotopic (exact) mass is 324 g/mol. The quantitative estimate of drug-likeness (QED) is 0.673. The topological polar surface area (TPSA) is 58.6 Å². The molecule has 0 aromatic heterocycles. The van der Waals surface area contributed by atoms with E-state index >= 15 is 0 Å². The SMILES string of the molecule is CN(C)C=CC(=O)c1c(Cl)cccc1NC(=O)OC(C)(C)C. The van der Waals surface area contributed by atoms with E-state index in [2.05, 4.69) is 5.32 Å². The summed E-state index contributed by atoms with van der Waals surface area (Å²) in [6.45, 7) is 5.28. The van der Waals surface area contributed by atoms with Gasteiger partial charge < -0.3 is 9.64 Å². The van der Waals surface area contributed by atoms with Gasteiger partial charge in [-0.1, -0.05) is 17.7 Å². The number of rotatable bonds is 4. The number of ketones is 1. The van der Waals surface area contributed by atoms with Crippen molar-refractivity contribution in [3.63, 3.8) is 0 Å². The Morgan fingerprint density at radius 3 is 2.45 bits per heavy atom. The number of anilines is 1. The molecule has 0 heterocycles. The van der Waals surface area contributed by atoms with Gasteiger partial charge in [-0.15, -0.1) is 0 Å². The second-order valence-electron chi connectivity index (χ2n) is 5.93. The van der Waals surface area contributed by atoms with Gasteiger partial charge in [0, 0.05) is 26.4 Å². The first-order chi connectivity index (χ1) is 10.1. The Labute approximate surface area is 135 Å². The van der Waals surface area contributed by atoms with E-state index in [1.54, 1.807) is 64.2 Å². The van der Waals surface area contributed by atoms with E-state index in [4.69, 9.17) is 16.3 Å². The molecular weight excluding hydrogens is 304 g/mol. The molecule has 5 nitrogen and oxygen atoms in total. The number of carbonyl (C=O) groups excluding carboxylic acids is 2. The molecule has 0 aliphatic heterocycles. The van der Waals surface area contributed by atoms with Crippen molar-refractivity contribution in [3.8, 4) is 0 Å². The highest BCUT2D eigenvalue weighted by molar-refractivity contribution is 6.35. The summed E-state index contributed by atoms with van der Waals surface area (Å²) >= 11 is 6.10. The molecule has 1 aromatic rings. The van der Waals surface area contributed by atoms with E-state index in [9.17, 15) is 9.59 Å². The summed E-state index contributed by atoms with van der Waals surface area (Å²) < 4.78 is 5.18. The van der Waals surface area contributed by atoms with Crippen molar-refractivity contribution < 1.29 is 14.3 Å². The van der Waals surface area contributed by atoms with Gasteiger partial charge in [0.2, 0.25) is 0 Å². The van der Waals surface area contributed by atoms with Crippen LogP contribution in [0.15, 0.2) is 30.5 Å². The maximum atomic E-state index is 12.3. The Hall–Kier alpha value is -2.01. The number of nitrogens with one attached hydrogen (secondary N) is 1. The van der Waals surface area contributed by atoms with Crippen LogP contribution in [0.4, 0.5) is 10.5 Å². The van der Waals surface area contributed by atoms with Crippen LogP contribution in [0.5, 0.6) is 0 Å². The number of hydrogen-bond acceptors (Lipinski definition) is 4. The average Bonchev–Trinajstić information content (AvgIpc) is 2.33. The Morgan fingerprint density at radius 1 is 1.27 bits per heavy atom. The fourth-order valence-corrected chi connectivity index (χ4v) is 1.86. The van der Waals surface area contributed by atoms with Crippen LogP contribution in [-0.4, -0.2) is 36.5 Å². The largest absolute Gasteiger partial charge is 0.444 e. The highest BCUT2D eigenvalue weighted by Gasteiger charge is 2.19. The molecule has 1 rings (SSSR count). The first-order valence-corrected chi connectivity index (χ1v) is 7.15. The van der Waals surface area contributed by atoms with Crippen LogP contribution in [-0.2, 0) is 4.74 Å². The summed E-state index contributed by atoms with van der Waals surface area (Å²) in [6, 6.07) is 4.85. The molecule has 1 N–H and O–H groups in total. The smallest absolute Gasteiger partial charge is 0.412 e. The van der Waals surface area contributed by atoms with E-state index < -0.39 is 11.7 Å². The van der Waals surface area contributed by atoms with Crippen LogP contribution in [0.1, 0.15) is 31.1 Å². The van der Waals surface area contributed by atoms with Gasteiger partial charge >= 0.3 is 6.09 Å². The van der Waals surface area contributed by atoms with Crippen molar-refractivity contribution in [1.82, 2.24) is 4.90 Å².